The summed E-state index contributed by atoms with van der Waals surface area (Å²) in [6, 6.07) is 0. The van der Waals surface area contributed by atoms with Gasteiger partial charge in [0.1, 0.15) is 0 Å². The van der Waals surface area contributed by atoms with Crippen LogP contribution >= 0.6 is 0 Å². The van der Waals surface area contributed by atoms with Gasteiger partial charge >= 0.3 is 0 Å². The van der Waals surface area contributed by atoms with E-state index in [0.29, 0.717) is 0 Å². The zero-order valence-corrected chi connectivity index (χ0v) is 6.85. The Morgan fingerprint density at radius 1 is 0.750 bits per heavy atom. The molecule has 0 bridgehead atoms. The first-order valence-corrected chi connectivity index (χ1v) is 0. The Bertz CT molecular complexity index is 6.00. The summed E-state index contributed by atoms with van der Waals surface area (Å²) in [5, 5.41) is 0. The molecular formula is AlMgSi2. The molecule has 0 saturated heterocycles. The van der Waals surface area contributed by atoms with Gasteiger partial charge in [-0.05, 0) is 0 Å². The first-order chi connectivity index (χ1) is 0. The minimum absolute atomic E-state index is 0. The van der Waals surface area contributed by atoms with Crippen molar-refractivity contribution in [3.63, 3.8) is 0 Å². The van der Waals surface area contributed by atoms with E-state index in [1.165, 1.54) is 0 Å². The van der Waals surface area contributed by atoms with Gasteiger partial charge in [-0.1, -0.05) is 0 Å². The summed E-state index contributed by atoms with van der Waals surface area (Å²) in [4.78, 5) is 0. The summed E-state index contributed by atoms with van der Waals surface area (Å²) < 4.78 is 0. The maximum absolute atomic E-state index is 0. The van der Waals surface area contributed by atoms with Gasteiger partial charge in [0.25, 0.3) is 0 Å². The lowest BCUT2D eigenvalue weighted by Crippen LogP contribution is -0.382. The summed E-state index contributed by atoms with van der Waals surface area (Å²) in [6.45, 7) is 0. The summed E-state index contributed by atoms with van der Waals surface area (Å²) in [5.41, 5.74) is 0. The predicted molar refractivity (Wildman–Crippen MR) is 23.0 cm³/mol. The van der Waals surface area contributed by atoms with E-state index in [2.05, 4.69) is 0 Å². The fourth-order valence-electron chi connectivity index (χ4n) is 0. The summed E-state index contributed by atoms with van der Waals surface area (Å²) in [6.07, 6.45) is 0. The number of hydrogen-bond acceptors (Lipinski definition) is 0. The third-order valence-electron chi connectivity index (χ3n) is 0. The van der Waals surface area contributed by atoms with Crippen LogP contribution in [0.4, 0.5) is 0 Å². The molecule has 0 nitrogen and oxygen atoms in total. The van der Waals surface area contributed by atoms with Crippen molar-refractivity contribution in [2.75, 3.05) is 0 Å². The van der Waals surface area contributed by atoms with Crippen LogP contribution in [-0.2, 0) is 0 Å². The van der Waals surface area contributed by atoms with Crippen LogP contribution in [0.1, 0.15) is 0 Å². The molecule has 0 aromatic carbocycles. The van der Waals surface area contributed by atoms with E-state index in [1.54, 1.807) is 0 Å². The Balaban J connectivity index is 0. The molecule has 0 aromatic rings. The molecule has 0 saturated carbocycles. The highest BCUT2D eigenvalue weighted by Crippen LogP contribution is -0.378. The topological polar surface area (TPSA) is 0 Å². The van der Waals surface area contributed by atoms with E-state index in [4.69, 9.17) is 0 Å². The van der Waals surface area contributed by atoms with Gasteiger partial charge in [0.15, 0.2) is 0 Å². The normalized spacial score (nSPS) is 0. The molecule has 0 aromatic heterocycles. The Labute approximate surface area is 62.1 Å². The van der Waals surface area contributed by atoms with E-state index in [0.717, 1.165) is 0 Å². The van der Waals surface area contributed by atoms with Crippen LogP contribution in [0, 0.1) is 0 Å². The Kier molecular flexibility index (Phi) is 235. The number of rotatable bonds is 0. The van der Waals surface area contributed by atoms with Gasteiger partial charge in [0.2, 0.25) is 0 Å². The zero-order chi connectivity index (χ0) is 0. The van der Waals surface area contributed by atoms with Crippen LogP contribution in [0.2, 0.25) is 0 Å². The van der Waals surface area contributed by atoms with Crippen LogP contribution in [0.5, 0.6) is 0 Å². The van der Waals surface area contributed by atoms with Crippen LogP contribution in [0.25, 0.3) is 0 Å². The van der Waals surface area contributed by atoms with Crippen molar-refractivity contribution in [2.45, 2.75) is 0 Å². The van der Waals surface area contributed by atoms with E-state index in [9.17, 15) is 0 Å². The molecule has 0 aliphatic heterocycles. The van der Waals surface area contributed by atoms with Crippen LogP contribution < -0.4 is 0 Å². The Morgan fingerprint density at radius 2 is 0.750 bits per heavy atom. The van der Waals surface area contributed by atoms with Crippen molar-refractivity contribution in [1.29, 1.82) is 0 Å². The van der Waals surface area contributed by atoms with E-state index < -0.39 is 0 Å². The van der Waals surface area contributed by atoms with Crippen molar-refractivity contribution in [3.05, 3.63) is 0 Å². The van der Waals surface area contributed by atoms with Gasteiger partial charge < -0.3 is 0 Å². The zero-order valence-electron chi connectivity index (χ0n) is 2.28. The monoisotopic (exact) mass is 107 g/mol. The minimum Gasteiger partial charge on any atom is 0 e. The molecule has 0 rings (SSSR count). The van der Waals surface area contributed by atoms with Gasteiger partial charge in [0, 0.05) is 62.3 Å². The Hall–Kier alpha value is 1.73. The molecule has 0 amide bonds. The lowest BCUT2D eigenvalue weighted by molar-refractivity contribution is 5.75. The lowest BCUT2D eigenvalue weighted by atomic mass is 24.3. The van der Waals surface area contributed by atoms with Crippen LogP contribution in [-0.4, -0.2) is 62.3 Å². The summed E-state index contributed by atoms with van der Waals surface area (Å²) in [7, 11) is 0. The summed E-state index contributed by atoms with van der Waals surface area (Å²) in [5.74, 6) is 0. The minimum atomic E-state index is 0. The standard InChI is InChI=1S/Al.Mg.2Si. The molecule has 4 heavy (non-hydrogen) atoms. The molecule has 4 heteroatoms. The third kappa shape index (κ3) is 9.28. The molecule has 0 fully saturated rings. The van der Waals surface area contributed by atoms with Gasteiger partial charge in [-0.15, -0.1) is 0 Å². The fraction of sp³-hybridized carbons (Fsp3) is 0. The molecule has 0 unspecified atom stereocenters. The first-order valence-electron chi connectivity index (χ1n) is 0. The molecule has 0 heterocycles. The molecule has 13 valence electrons. The molecule has 0 aliphatic carbocycles. The molecule has 0 spiro atoms. The molecular weight excluding hydrogens is 107 g/mol. The number of hydrogen-bond donors (Lipinski definition) is 0. The Morgan fingerprint density at radius 3 is 0.750 bits per heavy atom. The van der Waals surface area contributed by atoms with Gasteiger partial charge in [-0.2, -0.15) is 0 Å². The second-order valence-electron chi connectivity index (χ2n) is 0. The van der Waals surface area contributed by atoms with E-state index in [1.807, 2.05) is 0 Å². The summed E-state index contributed by atoms with van der Waals surface area (Å²) >= 11 is 0. The molecule has 0 aliphatic rings. The predicted octanol–water partition coefficient (Wildman–Crippen LogP) is -1.52. The second kappa shape index (κ2) is 22.0. The van der Waals surface area contributed by atoms with Gasteiger partial charge in [-0.3, -0.25) is 0 Å². The highest BCUT2D eigenvalue weighted by Gasteiger charge is 0.00300. The van der Waals surface area contributed by atoms with Crippen molar-refractivity contribution in [2.24, 2.45) is 0 Å². The third-order valence-corrected chi connectivity index (χ3v) is 0. The maximum Gasteiger partial charge on any atom is 0 e. The van der Waals surface area contributed by atoms with E-state index >= 15 is 0 Å². The van der Waals surface area contributed by atoms with E-state index in [-0.39, 0.29) is 62.3 Å². The van der Waals surface area contributed by atoms with Crippen molar-refractivity contribution >= 4 is 62.3 Å². The molecule has 0 atom stereocenters. The van der Waals surface area contributed by atoms with Crippen LogP contribution in [0.3, 0.4) is 0 Å². The molecule has 13 radical (unpaired) electrons. The van der Waals surface area contributed by atoms with Gasteiger partial charge in [0.05, 0.1) is 0 Å². The van der Waals surface area contributed by atoms with Crippen molar-refractivity contribution < 1.29 is 0 Å². The SMILES string of the molecule is [Al].[Mg].[Si].[Si]. The highest BCUT2D eigenvalue weighted by molar-refractivity contribution is 5.76. The average Bonchev–Trinajstić information content (AvgIpc) is 0. The second-order valence-corrected chi connectivity index (χ2v) is 0. The smallest absolute Gasteiger partial charge is 0 e. The quantitative estimate of drug-likeness (QED) is 0.330. The average molecular weight is 107 g/mol. The van der Waals surface area contributed by atoms with Crippen LogP contribution in [0.15, 0.2) is 0 Å². The maximum atomic E-state index is 0. The van der Waals surface area contributed by atoms with Gasteiger partial charge in [-0.25, -0.2) is 0 Å². The fourth-order valence-corrected chi connectivity index (χ4v) is 0. The highest BCUT2D eigenvalue weighted by atomic mass is 28.1. The first kappa shape index (κ1) is 42.8. The van der Waals surface area contributed by atoms with Crippen molar-refractivity contribution in [3.8, 4) is 0 Å². The largest absolute Gasteiger partial charge is 0 e. The van der Waals surface area contributed by atoms with Crippen molar-refractivity contribution in [1.82, 2.24) is 0 Å². The molecule has 0 N–H and O–H groups in total. The lowest BCUT2D eigenvalue weighted by Gasteiger charge is -0.00100.